The average Bonchev–Trinajstić information content (AvgIpc) is 3.36. The summed E-state index contributed by atoms with van der Waals surface area (Å²) < 4.78 is 19.1. The van der Waals surface area contributed by atoms with Gasteiger partial charge in [-0.2, -0.15) is 0 Å². The highest BCUT2D eigenvalue weighted by atomic mass is 16.5. The summed E-state index contributed by atoms with van der Waals surface area (Å²) in [5, 5.41) is 23.3. The molecule has 8 N–H and O–H groups in total. The number of para-hydroxylation sites is 2. The summed E-state index contributed by atoms with van der Waals surface area (Å²) >= 11 is 0. The van der Waals surface area contributed by atoms with E-state index in [-0.39, 0.29) is 33.6 Å². The van der Waals surface area contributed by atoms with E-state index in [2.05, 4.69) is 42.5 Å². The highest BCUT2D eigenvalue weighted by Gasteiger charge is 2.26. The van der Waals surface area contributed by atoms with Crippen molar-refractivity contribution < 1.29 is 57.3 Å². The van der Waals surface area contributed by atoms with E-state index in [1.165, 1.54) is 68.3 Å². The van der Waals surface area contributed by atoms with Gasteiger partial charge in [0.25, 0.3) is 23.6 Å². The maximum Gasteiger partial charge on any atom is 0.328 e. The van der Waals surface area contributed by atoms with Gasteiger partial charge >= 0.3 is 23.9 Å². The van der Waals surface area contributed by atoms with Crippen molar-refractivity contribution in [2.24, 2.45) is 0 Å². The molecule has 5 aromatic rings. The topological polar surface area (TPSA) is 270 Å². The largest absolute Gasteiger partial charge is 0.467 e. The molecule has 0 bridgehead atoms. The number of methoxy groups -OCH3 is 4. The first-order valence-electron chi connectivity index (χ1n) is 21.7. The van der Waals surface area contributed by atoms with Gasteiger partial charge in [-0.25, -0.2) is 19.2 Å². The molecule has 0 heterocycles. The number of nitrogens with one attached hydrogen (secondary N) is 8. The highest BCUT2D eigenvalue weighted by molar-refractivity contribution is 6.09. The molecule has 5 rings (SSSR count). The highest BCUT2D eigenvalue weighted by Crippen LogP contribution is 2.33. The van der Waals surface area contributed by atoms with E-state index in [9.17, 15) is 38.4 Å². The van der Waals surface area contributed by atoms with Gasteiger partial charge < -0.3 is 61.5 Å². The van der Waals surface area contributed by atoms with E-state index in [1.54, 1.807) is 97.1 Å². The van der Waals surface area contributed by atoms with Crippen LogP contribution in [0.25, 0.3) is 0 Å². The molecule has 366 valence electrons. The second-order valence-electron chi connectivity index (χ2n) is 15.6. The summed E-state index contributed by atoms with van der Waals surface area (Å²) in [4.78, 5) is 103. The van der Waals surface area contributed by atoms with Crippen molar-refractivity contribution in [3.05, 3.63) is 131 Å². The van der Waals surface area contributed by atoms with Gasteiger partial charge in [-0.05, 0) is 113 Å². The molecule has 0 unspecified atom stereocenters. The molecule has 0 aliphatic rings. The minimum absolute atomic E-state index is 0.00571. The number of esters is 4. The number of ether oxygens (including phenoxy) is 4. The monoisotopic (exact) mass is 958 g/mol. The zero-order valence-corrected chi connectivity index (χ0v) is 39.6. The Kier molecular flexibility index (Phi) is 18.0. The van der Waals surface area contributed by atoms with Crippen LogP contribution in [-0.2, 0) is 38.1 Å². The summed E-state index contributed by atoms with van der Waals surface area (Å²) in [5.74, 6) is -5.06. The van der Waals surface area contributed by atoms with Crippen LogP contribution in [0.3, 0.4) is 0 Å². The van der Waals surface area contributed by atoms with Crippen LogP contribution in [-0.4, -0.2) is 100 Å². The van der Waals surface area contributed by atoms with Crippen molar-refractivity contribution in [2.45, 2.75) is 51.9 Å². The summed E-state index contributed by atoms with van der Waals surface area (Å²) in [6.07, 6.45) is 0. The first kappa shape index (κ1) is 52.0. The molecule has 0 aliphatic carbocycles. The molecular formula is C50H54N8O12. The van der Waals surface area contributed by atoms with Crippen molar-refractivity contribution in [2.75, 3.05) is 49.7 Å². The van der Waals surface area contributed by atoms with Crippen molar-refractivity contribution in [1.82, 2.24) is 21.3 Å². The van der Waals surface area contributed by atoms with Crippen LogP contribution in [0.4, 0.5) is 45.5 Å². The standard InChI is InChI=1S/C50H54N8O12/c1-27(47(63)67-5)51-43(59)35-13-9-11-15-39(35)55-31-17-21-33(22-18-31)57-41-25-38(46(62)54-30(4)50(66)70-8)42(26-37(41)45(61)53-29(3)49(65)69-7)58-34-23-19-32(20-24-34)56-40-16-12-10-14-36(40)44(60)52-28(2)48(64)68-6/h9-30,55-58H,1-8H3,(H,51,59)(H,52,60)(H,53,61)(H,54,62)/t27-,28-,29-,30-/m1/s1. The Morgan fingerprint density at radius 3 is 0.814 bits per heavy atom. The summed E-state index contributed by atoms with van der Waals surface area (Å²) in [6, 6.07) is 25.8. The third-order valence-corrected chi connectivity index (χ3v) is 10.5. The van der Waals surface area contributed by atoms with Gasteiger partial charge in [0.2, 0.25) is 0 Å². The lowest BCUT2D eigenvalue weighted by molar-refractivity contribution is -0.143. The lowest BCUT2D eigenvalue weighted by Gasteiger charge is -2.21. The Hall–Kier alpha value is -8.94. The first-order valence-corrected chi connectivity index (χ1v) is 21.7. The maximum absolute atomic E-state index is 14.1. The number of carbonyl (C=O) groups excluding carboxylic acids is 8. The normalized spacial score (nSPS) is 12.2. The number of rotatable bonds is 20. The molecule has 0 saturated carbocycles. The molecule has 0 saturated heterocycles. The SMILES string of the molecule is COC(=O)[C@@H](C)NC(=O)c1ccccc1Nc1ccc(Nc2cc(C(=O)N[C@H](C)C(=O)OC)c(Nc3ccc(Nc4ccccc4C(=O)N[C@H](C)C(=O)OC)cc3)cc2C(=O)N[C@H](C)C(=O)OC)cc1. The molecule has 0 fully saturated rings. The maximum atomic E-state index is 14.1. The van der Waals surface area contributed by atoms with Crippen molar-refractivity contribution in [1.29, 1.82) is 0 Å². The Balaban J connectivity index is 1.48. The van der Waals surface area contributed by atoms with E-state index in [4.69, 9.17) is 18.9 Å². The number of amides is 4. The van der Waals surface area contributed by atoms with Crippen LogP contribution >= 0.6 is 0 Å². The van der Waals surface area contributed by atoms with Crippen LogP contribution in [0.15, 0.2) is 109 Å². The second-order valence-corrected chi connectivity index (χ2v) is 15.6. The van der Waals surface area contributed by atoms with Gasteiger partial charge in [-0.3, -0.25) is 19.2 Å². The van der Waals surface area contributed by atoms with Gasteiger partial charge in [0, 0.05) is 22.7 Å². The van der Waals surface area contributed by atoms with Crippen LogP contribution < -0.4 is 42.5 Å². The van der Waals surface area contributed by atoms with Crippen LogP contribution in [0.5, 0.6) is 0 Å². The average molecular weight is 959 g/mol. The van der Waals surface area contributed by atoms with Crippen LogP contribution in [0, 0.1) is 0 Å². The molecule has 5 aromatic carbocycles. The molecule has 4 amide bonds. The number of hydrogen-bond acceptors (Lipinski definition) is 16. The van der Waals surface area contributed by atoms with Crippen molar-refractivity contribution in [3.8, 4) is 0 Å². The Bertz CT molecular complexity index is 2560. The van der Waals surface area contributed by atoms with E-state index < -0.39 is 71.7 Å². The fourth-order valence-electron chi connectivity index (χ4n) is 6.70. The van der Waals surface area contributed by atoms with E-state index in [0.29, 0.717) is 34.1 Å². The van der Waals surface area contributed by atoms with E-state index >= 15 is 0 Å². The number of anilines is 8. The molecule has 0 aromatic heterocycles. The fourth-order valence-corrected chi connectivity index (χ4v) is 6.70. The van der Waals surface area contributed by atoms with Crippen LogP contribution in [0.1, 0.15) is 69.1 Å². The van der Waals surface area contributed by atoms with Crippen LogP contribution in [0.2, 0.25) is 0 Å². The Morgan fingerprint density at radius 1 is 0.329 bits per heavy atom. The third-order valence-electron chi connectivity index (χ3n) is 10.5. The zero-order chi connectivity index (χ0) is 51.1. The van der Waals surface area contributed by atoms with Gasteiger partial charge in [0.05, 0.1) is 73.4 Å². The third kappa shape index (κ3) is 13.6. The fraction of sp³-hybridized carbons (Fsp3) is 0.240. The van der Waals surface area contributed by atoms with Gasteiger partial charge in [0.15, 0.2) is 0 Å². The summed E-state index contributed by atoms with van der Waals surface area (Å²) in [7, 11) is 4.82. The van der Waals surface area contributed by atoms with Gasteiger partial charge in [0.1, 0.15) is 24.2 Å². The lowest BCUT2D eigenvalue weighted by Crippen LogP contribution is -2.40. The predicted octanol–water partition coefficient (Wildman–Crippen LogP) is 5.83. The zero-order valence-electron chi connectivity index (χ0n) is 39.6. The number of hydrogen-bond donors (Lipinski definition) is 8. The summed E-state index contributed by atoms with van der Waals surface area (Å²) in [5.41, 5.74) is 3.70. The quantitative estimate of drug-likeness (QED) is 0.0337. The number of carbonyl (C=O) groups is 8. The summed E-state index contributed by atoms with van der Waals surface area (Å²) in [6.45, 7) is 5.91. The Labute approximate surface area is 403 Å². The smallest absolute Gasteiger partial charge is 0.328 e. The first-order chi connectivity index (χ1) is 33.5. The van der Waals surface area contributed by atoms with E-state index in [1.807, 2.05) is 0 Å². The lowest BCUT2D eigenvalue weighted by atomic mass is 10.0. The number of benzene rings is 5. The molecule has 0 aliphatic heterocycles. The molecule has 20 heteroatoms. The minimum atomic E-state index is -1.07. The molecule has 20 nitrogen and oxygen atoms in total. The second kappa shape index (κ2) is 24.2. The van der Waals surface area contributed by atoms with Crippen molar-refractivity contribution in [3.63, 3.8) is 0 Å². The molecule has 4 atom stereocenters. The van der Waals surface area contributed by atoms with Gasteiger partial charge in [-0.15, -0.1) is 0 Å². The molecule has 0 spiro atoms. The van der Waals surface area contributed by atoms with Gasteiger partial charge in [-0.1, -0.05) is 24.3 Å². The van der Waals surface area contributed by atoms with Crippen molar-refractivity contribution >= 4 is 93.0 Å². The molecule has 0 radical (unpaired) electrons. The predicted molar refractivity (Wildman–Crippen MR) is 261 cm³/mol. The van der Waals surface area contributed by atoms with E-state index in [0.717, 1.165) is 0 Å². The molecule has 70 heavy (non-hydrogen) atoms. The minimum Gasteiger partial charge on any atom is -0.467 e. The Morgan fingerprint density at radius 2 is 0.557 bits per heavy atom. The molecular weight excluding hydrogens is 905 g/mol.